The maximum Gasteiger partial charge on any atom is 4.00 e. The van der Waals surface area contributed by atoms with E-state index in [4.69, 9.17) is 0 Å². The monoisotopic (exact) mass is 492 g/mol. The van der Waals surface area contributed by atoms with Gasteiger partial charge in [0.25, 0.3) is 0 Å². The summed E-state index contributed by atoms with van der Waals surface area (Å²) in [7, 11) is -0.672. The molecule has 0 unspecified atom stereocenters. The van der Waals surface area contributed by atoms with Crippen LogP contribution in [-0.4, -0.2) is 8.80 Å². The molecular formula is C23H35Cl3SiTi. The second-order valence-corrected chi connectivity index (χ2v) is 11.0. The van der Waals surface area contributed by atoms with Gasteiger partial charge in [-0.1, -0.05) is 100 Å². The Hall–Kier alpha value is 0.371. The van der Waals surface area contributed by atoms with Crippen molar-refractivity contribution in [1.82, 2.24) is 0 Å². The van der Waals surface area contributed by atoms with Gasteiger partial charge in [-0.25, -0.2) is 0 Å². The number of aryl methyl sites for hydroxylation is 2. The summed E-state index contributed by atoms with van der Waals surface area (Å²) in [6.07, 6.45) is 2.71. The number of benzene rings is 1. The Morgan fingerprint density at radius 2 is 1.21 bits per heavy atom. The molecule has 156 valence electrons. The number of halogens is 3. The van der Waals surface area contributed by atoms with Crippen LogP contribution in [0.1, 0.15) is 60.1 Å². The number of rotatable bonds is 7. The van der Waals surface area contributed by atoms with E-state index < -0.39 is 8.80 Å². The second-order valence-electron chi connectivity index (χ2n) is 7.75. The molecule has 0 aromatic heterocycles. The minimum Gasteiger partial charge on any atom is -1.00 e. The molecule has 2 rings (SSSR count). The first-order valence-corrected chi connectivity index (χ1v) is 12.2. The average Bonchev–Trinajstić information content (AvgIpc) is 2.71. The fraction of sp³-hybridized carbons (Fsp3) is 0.522. The minimum atomic E-state index is -0.672. The van der Waals surface area contributed by atoms with Crippen molar-refractivity contribution >= 4 is 8.80 Å². The van der Waals surface area contributed by atoms with Crippen LogP contribution >= 0.6 is 0 Å². The van der Waals surface area contributed by atoms with Crippen molar-refractivity contribution in [3.8, 4) is 11.1 Å². The van der Waals surface area contributed by atoms with Gasteiger partial charge in [0.1, 0.15) is 0 Å². The predicted octanol–water partition coefficient (Wildman–Crippen LogP) is -2.25. The third kappa shape index (κ3) is 7.89. The van der Waals surface area contributed by atoms with E-state index in [1.807, 2.05) is 0 Å². The van der Waals surface area contributed by atoms with Gasteiger partial charge >= 0.3 is 21.7 Å². The summed E-state index contributed by atoms with van der Waals surface area (Å²) in [6, 6.07) is 11.4. The minimum absolute atomic E-state index is 0. The van der Waals surface area contributed by atoms with Gasteiger partial charge in [0, 0.05) is 8.80 Å². The molecule has 0 aliphatic heterocycles. The fourth-order valence-corrected chi connectivity index (χ4v) is 7.75. The van der Waals surface area contributed by atoms with Crippen molar-refractivity contribution in [2.45, 2.75) is 79.4 Å². The van der Waals surface area contributed by atoms with E-state index in [2.05, 4.69) is 66.7 Å². The Morgan fingerprint density at radius 3 is 1.64 bits per heavy atom. The van der Waals surface area contributed by atoms with Crippen LogP contribution in [0.15, 0.2) is 18.2 Å². The molecule has 0 aliphatic rings. The van der Waals surface area contributed by atoms with Gasteiger partial charge in [0.2, 0.25) is 0 Å². The van der Waals surface area contributed by atoms with E-state index in [-0.39, 0.29) is 58.9 Å². The maximum atomic E-state index is 2.38. The molecule has 0 aliphatic carbocycles. The molecule has 0 bridgehead atoms. The van der Waals surface area contributed by atoms with Crippen molar-refractivity contribution in [1.29, 1.82) is 0 Å². The van der Waals surface area contributed by atoms with E-state index in [0.29, 0.717) is 0 Å². The first-order valence-electron chi connectivity index (χ1n) is 9.72. The summed E-state index contributed by atoms with van der Waals surface area (Å²) in [4.78, 5) is 0. The first kappa shape index (κ1) is 33.0. The molecule has 0 fully saturated rings. The molecule has 2 aromatic rings. The Morgan fingerprint density at radius 1 is 0.750 bits per heavy atom. The molecule has 0 heterocycles. The van der Waals surface area contributed by atoms with Crippen LogP contribution in [0.3, 0.4) is 0 Å². The van der Waals surface area contributed by atoms with Gasteiger partial charge < -0.3 is 37.2 Å². The van der Waals surface area contributed by atoms with Crippen LogP contribution in [0.25, 0.3) is 11.1 Å². The smallest absolute Gasteiger partial charge is 1.00 e. The average molecular weight is 494 g/mol. The van der Waals surface area contributed by atoms with E-state index in [0.717, 1.165) is 0 Å². The van der Waals surface area contributed by atoms with Crippen LogP contribution in [0.4, 0.5) is 0 Å². The molecule has 0 atom stereocenters. The third-order valence-electron chi connectivity index (χ3n) is 5.65. The Balaban J connectivity index is -0.00000156. The van der Waals surface area contributed by atoms with Crippen molar-refractivity contribution in [2.75, 3.05) is 0 Å². The van der Waals surface area contributed by atoms with E-state index >= 15 is 0 Å². The van der Waals surface area contributed by atoms with Crippen LogP contribution in [-0.2, 0) is 27.8 Å². The molecule has 0 radical (unpaired) electrons. The summed E-state index contributed by atoms with van der Waals surface area (Å²) in [5, 5.41) is 0. The topological polar surface area (TPSA) is 0 Å². The van der Waals surface area contributed by atoms with Crippen LogP contribution < -0.4 is 37.2 Å². The summed E-state index contributed by atoms with van der Waals surface area (Å²) in [6.45, 7) is 16.2. The molecule has 2 aromatic carbocycles. The molecule has 0 saturated carbocycles. The summed E-state index contributed by atoms with van der Waals surface area (Å²) in [5.74, 6) is 0. The van der Waals surface area contributed by atoms with Crippen molar-refractivity contribution < 1.29 is 58.9 Å². The Bertz CT molecular complexity index is 684. The van der Waals surface area contributed by atoms with Gasteiger partial charge in [0.05, 0.1) is 0 Å². The number of hydrogen-bond donors (Lipinski definition) is 0. The maximum absolute atomic E-state index is 2.38. The van der Waals surface area contributed by atoms with Gasteiger partial charge in [-0.2, -0.15) is 11.1 Å². The second kappa shape index (κ2) is 15.2. The SMILES string of the molecule is CCC[SiH](CCC)C[c-]1c(C)c(C)c(C)c1-c1cc(C)cc(C)c1.[Cl-].[Cl-].[Cl-].[Ti+4]. The predicted molar refractivity (Wildman–Crippen MR) is 112 cm³/mol. The zero-order valence-corrected chi connectivity index (χ0v) is 23.5. The molecule has 0 nitrogen and oxygen atoms in total. The molecule has 0 amide bonds. The van der Waals surface area contributed by atoms with Crippen molar-refractivity contribution in [3.63, 3.8) is 0 Å². The van der Waals surface area contributed by atoms with E-state index in [9.17, 15) is 0 Å². The van der Waals surface area contributed by atoms with Crippen molar-refractivity contribution in [2.24, 2.45) is 0 Å². The summed E-state index contributed by atoms with van der Waals surface area (Å²) < 4.78 is 0. The van der Waals surface area contributed by atoms with Crippen LogP contribution in [0, 0.1) is 34.6 Å². The summed E-state index contributed by atoms with van der Waals surface area (Å²) in [5.41, 5.74) is 12.0. The molecular weight excluding hydrogens is 459 g/mol. The standard InChI is InChI=1S/C23H35Si.3ClH.Ti/c1-8-10-24(11-9-2)15-22-19(6)18(5)20(7)23(22)21-13-16(3)12-17(4)14-21;;;;/h12-14,24H,8-11,15H2,1-7H3;3*1H;/q-1;;;;+4/p-3. The van der Waals surface area contributed by atoms with E-state index in [1.54, 1.807) is 16.7 Å². The molecule has 0 saturated heterocycles. The van der Waals surface area contributed by atoms with Gasteiger partial charge in [-0.15, -0.1) is 16.7 Å². The van der Waals surface area contributed by atoms with Crippen LogP contribution in [0.5, 0.6) is 0 Å². The Kier molecular flexibility index (Phi) is 17.9. The van der Waals surface area contributed by atoms with Gasteiger partial charge in [-0.05, 0) is 13.8 Å². The van der Waals surface area contributed by atoms with Gasteiger partial charge in [-0.3, -0.25) is 0 Å². The molecule has 0 spiro atoms. The third-order valence-corrected chi connectivity index (χ3v) is 9.42. The first-order chi connectivity index (χ1) is 11.4. The summed E-state index contributed by atoms with van der Waals surface area (Å²) >= 11 is 0. The molecule has 28 heavy (non-hydrogen) atoms. The number of hydrogen-bond acceptors (Lipinski definition) is 0. The van der Waals surface area contributed by atoms with Crippen molar-refractivity contribution in [3.05, 3.63) is 51.6 Å². The molecule has 0 N–H and O–H groups in total. The normalized spacial score (nSPS) is 9.86. The van der Waals surface area contributed by atoms with Gasteiger partial charge in [0.15, 0.2) is 0 Å². The molecule has 5 heteroatoms. The largest absolute Gasteiger partial charge is 4.00 e. The van der Waals surface area contributed by atoms with E-state index in [1.165, 1.54) is 58.8 Å². The van der Waals surface area contributed by atoms with Crippen LogP contribution in [0.2, 0.25) is 12.1 Å². The Labute approximate surface area is 208 Å². The fourth-order valence-electron chi connectivity index (χ4n) is 4.33. The quantitative estimate of drug-likeness (QED) is 0.302. The zero-order valence-electron chi connectivity index (χ0n) is 18.5. The zero-order chi connectivity index (χ0) is 17.9.